The van der Waals surface area contributed by atoms with Crippen LogP contribution in [0.1, 0.15) is 59.5 Å². The maximum atomic E-state index is 13.8. The van der Waals surface area contributed by atoms with Crippen LogP contribution in [0.4, 0.5) is 0 Å². The van der Waals surface area contributed by atoms with Crippen molar-refractivity contribution in [3.8, 4) is 5.69 Å². The van der Waals surface area contributed by atoms with E-state index in [2.05, 4.69) is 12.1 Å². The Balaban J connectivity index is 1.26. The molecule has 1 aliphatic heterocycles. The molecular formula is C32H32ClN3O4. The number of fused-ring (bicyclic) bond motifs is 1. The lowest BCUT2D eigenvalue weighted by atomic mass is 9.83. The summed E-state index contributed by atoms with van der Waals surface area (Å²) in [5.41, 5.74) is 4.54. The van der Waals surface area contributed by atoms with Crippen molar-refractivity contribution in [3.63, 3.8) is 0 Å². The molecule has 1 amide bonds. The molecule has 0 atom stereocenters. The number of esters is 1. The lowest BCUT2D eigenvalue weighted by Crippen LogP contribution is -2.43. The van der Waals surface area contributed by atoms with Gasteiger partial charge in [-0.1, -0.05) is 42.3 Å². The van der Waals surface area contributed by atoms with Crippen LogP contribution in [0, 0.1) is 5.92 Å². The molecule has 6 rings (SSSR count). The molecule has 7 nitrogen and oxygen atoms in total. The summed E-state index contributed by atoms with van der Waals surface area (Å²) >= 11 is 6.36. The molecule has 1 aliphatic carbocycles. The molecule has 8 heteroatoms. The third kappa shape index (κ3) is 4.94. The van der Waals surface area contributed by atoms with Gasteiger partial charge in [-0.2, -0.15) is 0 Å². The predicted octanol–water partition coefficient (Wildman–Crippen LogP) is 5.79. The molecule has 0 N–H and O–H groups in total. The third-order valence-electron chi connectivity index (χ3n) is 8.46. The number of likely N-dealkylation sites (tertiary alicyclic amines) is 1. The van der Waals surface area contributed by atoms with E-state index in [1.165, 1.54) is 19.1 Å². The Hall–Kier alpha value is -3.84. The van der Waals surface area contributed by atoms with Crippen LogP contribution in [0.2, 0.25) is 5.02 Å². The molecule has 1 saturated heterocycles. The van der Waals surface area contributed by atoms with Gasteiger partial charge in [0.15, 0.2) is 0 Å². The van der Waals surface area contributed by atoms with Gasteiger partial charge in [0.05, 0.1) is 35.9 Å². The quantitative estimate of drug-likeness (QED) is 0.281. The van der Waals surface area contributed by atoms with E-state index in [1.54, 1.807) is 33.4 Å². The number of hydrogen-bond acceptors (Lipinski definition) is 4. The second-order valence-corrected chi connectivity index (χ2v) is 11.3. The van der Waals surface area contributed by atoms with Crippen LogP contribution in [0.5, 0.6) is 0 Å². The molecule has 2 fully saturated rings. The lowest BCUT2D eigenvalue weighted by molar-refractivity contribution is -0.139. The molecule has 0 unspecified atom stereocenters. The normalized spacial score (nSPS) is 16.2. The Morgan fingerprint density at radius 1 is 0.925 bits per heavy atom. The van der Waals surface area contributed by atoms with Gasteiger partial charge in [0.1, 0.15) is 0 Å². The number of carbonyl (C=O) groups excluding carboxylic acids is 2. The summed E-state index contributed by atoms with van der Waals surface area (Å²) in [7, 11) is 1.35. The number of nitrogens with zero attached hydrogens (tertiary/aromatic N) is 3. The standard InChI is InChI=1S/C32H32ClN3O4/c1-40-31(38)25-7-2-4-21(18-25)20-35-28-13-10-26(33)19-29(28)36(32(35)39)27-11-8-22(9-12-27)23-14-16-34(17-15-23)30(37)24-5-3-6-24/h2,4,7-13,18-19,23-24H,3,5-6,14-17,20H2,1H3. The summed E-state index contributed by atoms with van der Waals surface area (Å²) in [6, 6.07) is 20.7. The topological polar surface area (TPSA) is 73.5 Å². The number of halogens is 1. The number of rotatable bonds is 6. The lowest BCUT2D eigenvalue weighted by Gasteiger charge is -2.36. The summed E-state index contributed by atoms with van der Waals surface area (Å²) in [5, 5.41) is 0.547. The Bertz CT molecular complexity index is 1630. The summed E-state index contributed by atoms with van der Waals surface area (Å²) in [6.45, 7) is 1.92. The molecule has 3 aromatic carbocycles. The maximum Gasteiger partial charge on any atom is 0.337 e. The van der Waals surface area contributed by atoms with Crippen LogP contribution in [-0.4, -0.2) is 46.1 Å². The number of amides is 1. The van der Waals surface area contributed by atoms with Crippen molar-refractivity contribution in [1.82, 2.24) is 14.0 Å². The maximum absolute atomic E-state index is 13.8. The summed E-state index contributed by atoms with van der Waals surface area (Å²) < 4.78 is 8.24. The molecule has 40 heavy (non-hydrogen) atoms. The molecule has 0 spiro atoms. The number of hydrogen-bond donors (Lipinski definition) is 0. The zero-order chi connectivity index (χ0) is 27.8. The Morgan fingerprint density at radius 2 is 1.68 bits per heavy atom. The van der Waals surface area contributed by atoms with Gasteiger partial charge in [-0.25, -0.2) is 9.59 Å². The van der Waals surface area contributed by atoms with Gasteiger partial charge in [0.2, 0.25) is 5.91 Å². The fourth-order valence-electron chi connectivity index (χ4n) is 5.97. The highest BCUT2D eigenvalue weighted by Gasteiger charge is 2.32. The minimum atomic E-state index is -0.417. The first-order chi connectivity index (χ1) is 19.4. The number of carbonyl (C=O) groups is 2. The largest absolute Gasteiger partial charge is 0.465 e. The van der Waals surface area contributed by atoms with Gasteiger partial charge < -0.3 is 9.64 Å². The van der Waals surface area contributed by atoms with E-state index in [-0.39, 0.29) is 11.6 Å². The molecule has 4 aromatic rings. The van der Waals surface area contributed by atoms with Crippen molar-refractivity contribution in [1.29, 1.82) is 0 Å². The van der Waals surface area contributed by atoms with E-state index in [4.69, 9.17) is 16.3 Å². The van der Waals surface area contributed by atoms with Crippen molar-refractivity contribution in [3.05, 3.63) is 98.9 Å². The molecule has 0 bridgehead atoms. The second-order valence-electron chi connectivity index (χ2n) is 10.8. The van der Waals surface area contributed by atoms with E-state index in [1.807, 2.05) is 35.2 Å². The summed E-state index contributed by atoms with van der Waals surface area (Å²) in [6.07, 6.45) is 5.17. The van der Waals surface area contributed by atoms with Crippen LogP contribution in [0.25, 0.3) is 16.7 Å². The van der Waals surface area contributed by atoms with E-state index in [0.717, 1.165) is 61.1 Å². The van der Waals surface area contributed by atoms with Gasteiger partial charge in [-0.05, 0) is 85.2 Å². The van der Waals surface area contributed by atoms with Crippen LogP contribution in [0.15, 0.2) is 71.5 Å². The molecular weight excluding hydrogens is 526 g/mol. The van der Waals surface area contributed by atoms with Crippen LogP contribution < -0.4 is 5.69 Å². The van der Waals surface area contributed by atoms with Crippen molar-refractivity contribution in [2.24, 2.45) is 5.92 Å². The monoisotopic (exact) mass is 557 g/mol. The Kier molecular flexibility index (Phi) is 7.24. The minimum Gasteiger partial charge on any atom is -0.465 e. The summed E-state index contributed by atoms with van der Waals surface area (Å²) in [4.78, 5) is 40.5. The predicted molar refractivity (Wildman–Crippen MR) is 155 cm³/mol. The smallest absolute Gasteiger partial charge is 0.337 e. The number of aromatic nitrogens is 2. The highest BCUT2D eigenvalue weighted by Crippen LogP contribution is 2.33. The Labute approximate surface area is 237 Å². The van der Waals surface area contributed by atoms with Gasteiger partial charge in [-0.15, -0.1) is 0 Å². The molecule has 206 valence electrons. The average molecular weight is 558 g/mol. The Morgan fingerprint density at radius 3 is 2.35 bits per heavy atom. The fourth-order valence-corrected chi connectivity index (χ4v) is 6.14. The second kappa shape index (κ2) is 11.0. The average Bonchev–Trinajstić information content (AvgIpc) is 3.21. The highest BCUT2D eigenvalue weighted by molar-refractivity contribution is 6.31. The van der Waals surface area contributed by atoms with E-state index in [0.29, 0.717) is 29.0 Å². The highest BCUT2D eigenvalue weighted by atomic mass is 35.5. The van der Waals surface area contributed by atoms with Crippen molar-refractivity contribution in [2.45, 2.75) is 44.6 Å². The number of methoxy groups -OCH3 is 1. The van der Waals surface area contributed by atoms with Crippen molar-refractivity contribution < 1.29 is 14.3 Å². The van der Waals surface area contributed by atoms with Gasteiger partial charge in [0.25, 0.3) is 0 Å². The molecule has 2 aliphatic rings. The molecule has 2 heterocycles. The van der Waals surface area contributed by atoms with Crippen molar-refractivity contribution >= 4 is 34.5 Å². The number of piperidine rings is 1. The molecule has 1 saturated carbocycles. The van der Waals surface area contributed by atoms with Gasteiger partial charge >= 0.3 is 11.7 Å². The van der Waals surface area contributed by atoms with Crippen LogP contribution in [-0.2, 0) is 16.1 Å². The molecule has 1 aromatic heterocycles. The summed E-state index contributed by atoms with van der Waals surface area (Å²) in [5.74, 6) is 0.571. The van der Waals surface area contributed by atoms with E-state index < -0.39 is 5.97 Å². The first-order valence-corrected chi connectivity index (χ1v) is 14.3. The first kappa shape index (κ1) is 26.4. The van der Waals surface area contributed by atoms with Gasteiger partial charge in [-0.3, -0.25) is 13.9 Å². The number of imidazole rings is 1. The van der Waals surface area contributed by atoms with Crippen molar-refractivity contribution in [2.75, 3.05) is 20.2 Å². The molecule has 0 radical (unpaired) electrons. The van der Waals surface area contributed by atoms with E-state index in [9.17, 15) is 14.4 Å². The minimum absolute atomic E-state index is 0.184. The fraction of sp³-hybridized carbons (Fsp3) is 0.344. The van der Waals surface area contributed by atoms with E-state index >= 15 is 0 Å². The first-order valence-electron chi connectivity index (χ1n) is 13.9. The number of ether oxygens (including phenoxy) is 1. The van der Waals surface area contributed by atoms with Crippen LogP contribution in [0.3, 0.4) is 0 Å². The third-order valence-corrected chi connectivity index (χ3v) is 8.70. The van der Waals surface area contributed by atoms with Gasteiger partial charge in [0, 0.05) is 24.0 Å². The van der Waals surface area contributed by atoms with Crippen LogP contribution >= 0.6 is 11.6 Å². The number of benzene rings is 3. The SMILES string of the molecule is COC(=O)c1cccc(Cn2c(=O)n(-c3ccc(C4CCN(C(=O)C5CCC5)CC4)cc3)c3cc(Cl)ccc32)c1. The zero-order valence-electron chi connectivity index (χ0n) is 22.5. The zero-order valence-corrected chi connectivity index (χ0v) is 23.3.